The Labute approximate surface area is 128 Å². The number of ether oxygens (including phenoxy) is 1. The zero-order valence-corrected chi connectivity index (χ0v) is 12.8. The average molecular weight is 360 g/mol. The van der Waals surface area contributed by atoms with Crippen molar-refractivity contribution in [2.24, 2.45) is 0 Å². The van der Waals surface area contributed by atoms with E-state index in [1.165, 1.54) is 20.2 Å². The van der Waals surface area contributed by atoms with E-state index in [9.17, 15) is 8.78 Å². The molecule has 1 N–H and O–H groups in total. The minimum absolute atomic E-state index is 0.201. The van der Waals surface area contributed by atoms with E-state index in [4.69, 9.17) is 9.57 Å². The van der Waals surface area contributed by atoms with Crippen LogP contribution in [0.5, 0.6) is 5.75 Å². The van der Waals surface area contributed by atoms with Crippen molar-refractivity contribution in [3.8, 4) is 5.75 Å². The maximum Gasteiger partial charge on any atom is 0.192 e. The second kappa shape index (κ2) is 6.77. The van der Waals surface area contributed by atoms with Gasteiger partial charge in [-0.2, -0.15) is 0 Å². The first-order chi connectivity index (χ1) is 10.0. The molecule has 0 radical (unpaired) electrons. The molecule has 0 saturated carbocycles. The number of halogens is 3. The second-order valence-electron chi connectivity index (χ2n) is 4.08. The molecule has 2 rings (SSSR count). The number of aromatic nitrogens is 2. The van der Waals surface area contributed by atoms with Crippen LogP contribution in [0, 0.1) is 11.6 Å². The molecule has 8 heteroatoms. The van der Waals surface area contributed by atoms with Crippen molar-refractivity contribution < 1.29 is 18.4 Å². The van der Waals surface area contributed by atoms with Gasteiger partial charge < -0.3 is 4.74 Å². The summed E-state index contributed by atoms with van der Waals surface area (Å²) in [7, 11) is 1.42. The predicted octanol–water partition coefficient (Wildman–Crippen LogP) is 3.63. The summed E-state index contributed by atoms with van der Waals surface area (Å²) >= 11 is 3.25. The standard InChI is InChI=1S/C13H12BrF2N3O2/c1-7(12-9(15)5-17-6-10(12)16)21-11-3-8(14)4-18-13(11)19-20-2/h3-7H,1-2H3,(H,18,19). The van der Waals surface area contributed by atoms with Crippen LogP contribution in [0.15, 0.2) is 29.1 Å². The van der Waals surface area contributed by atoms with Gasteiger partial charge in [0.2, 0.25) is 0 Å². The van der Waals surface area contributed by atoms with E-state index in [-0.39, 0.29) is 11.3 Å². The van der Waals surface area contributed by atoms with E-state index in [2.05, 4.69) is 31.4 Å². The Hall–Kier alpha value is -1.80. The number of pyridine rings is 2. The lowest BCUT2D eigenvalue weighted by molar-refractivity contribution is 0.209. The number of hydrogen-bond acceptors (Lipinski definition) is 5. The first kappa shape index (κ1) is 15.6. The minimum atomic E-state index is -0.874. The van der Waals surface area contributed by atoms with Gasteiger partial charge in [0.1, 0.15) is 6.10 Å². The van der Waals surface area contributed by atoms with Crippen LogP contribution in [0.3, 0.4) is 0 Å². The summed E-state index contributed by atoms with van der Waals surface area (Å²) in [6.07, 6.45) is 2.53. The largest absolute Gasteiger partial charge is 0.482 e. The first-order valence-electron chi connectivity index (χ1n) is 5.93. The molecular weight excluding hydrogens is 348 g/mol. The number of nitrogens with one attached hydrogen (secondary N) is 1. The van der Waals surface area contributed by atoms with Crippen LogP contribution in [0.25, 0.3) is 0 Å². The molecule has 0 aliphatic heterocycles. The van der Waals surface area contributed by atoms with Gasteiger partial charge >= 0.3 is 0 Å². The molecule has 0 saturated heterocycles. The fourth-order valence-electron chi connectivity index (χ4n) is 1.74. The van der Waals surface area contributed by atoms with Crippen LogP contribution in [0.2, 0.25) is 0 Å². The topological polar surface area (TPSA) is 56.3 Å². The third-order valence-electron chi connectivity index (χ3n) is 2.62. The lowest BCUT2D eigenvalue weighted by Crippen LogP contribution is -2.11. The SMILES string of the molecule is CONc1ncc(Br)cc1OC(C)c1c(F)cncc1F. The predicted molar refractivity (Wildman–Crippen MR) is 75.8 cm³/mol. The van der Waals surface area contributed by atoms with Crippen LogP contribution in [-0.2, 0) is 4.84 Å². The highest BCUT2D eigenvalue weighted by Crippen LogP contribution is 2.31. The molecule has 0 fully saturated rings. The smallest absolute Gasteiger partial charge is 0.192 e. The highest BCUT2D eigenvalue weighted by molar-refractivity contribution is 9.10. The highest BCUT2D eigenvalue weighted by Gasteiger charge is 2.20. The molecule has 0 spiro atoms. The number of anilines is 1. The molecule has 5 nitrogen and oxygen atoms in total. The lowest BCUT2D eigenvalue weighted by Gasteiger charge is -2.18. The Morgan fingerprint density at radius 3 is 2.52 bits per heavy atom. The fraction of sp³-hybridized carbons (Fsp3) is 0.231. The Morgan fingerprint density at radius 1 is 1.24 bits per heavy atom. The van der Waals surface area contributed by atoms with Gasteiger partial charge in [-0.25, -0.2) is 19.2 Å². The number of rotatable bonds is 5. The molecule has 1 unspecified atom stereocenters. The van der Waals surface area contributed by atoms with Gasteiger partial charge in [-0.15, -0.1) is 0 Å². The molecule has 112 valence electrons. The molecule has 0 aliphatic carbocycles. The summed E-state index contributed by atoms with van der Waals surface area (Å²) in [5, 5.41) is 0. The summed E-state index contributed by atoms with van der Waals surface area (Å²) in [6, 6.07) is 1.61. The van der Waals surface area contributed by atoms with E-state index >= 15 is 0 Å². The molecule has 2 heterocycles. The van der Waals surface area contributed by atoms with Gasteiger partial charge in [-0.05, 0) is 28.9 Å². The van der Waals surface area contributed by atoms with Crippen molar-refractivity contribution in [2.75, 3.05) is 12.6 Å². The molecule has 2 aromatic heterocycles. The van der Waals surface area contributed by atoms with Crippen molar-refractivity contribution in [1.29, 1.82) is 0 Å². The third kappa shape index (κ3) is 3.64. The van der Waals surface area contributed by atoms with Gasteiger partial charge in [-0.3, -0.25) is 9.82 Å². The van der Waals surface area contributed by atoms with Crippen molar-refractivity contribution >= 4 is 21.7 Å². The fourth-order valence-corrected chi connectivity index (χ4v) is 2.05. The Bertz CT molecular complexity index is 623. The minimum Gasteiger partial charge on any atom is -0.482 e. The number of hydrogen-bond donors (Lipinski definition) is 1. The van der Waals surface area contributed by atoms with Crippen LogP contribution in [0.1, 0.15) is 18.6 Å². The van der Waals surface area contributed by atoms with Gasteiger partial charge in [0.05, 0.1) is 25.1 Å². The maximum absolute atomic E-state index is 13.7. The van der Waals surface area contributed by atoms with Crippen LogP contribution in [-0.4, -0.2) is 17.1 Å². The van der Waals surface area contributed by atoms with Crippen LogP contribution >= 0.6 is 15.9 Å². The molecule has 21 heavy (non-hydrogen) atoms. The van der Waals surface area contributed by atoms with E-state index in [1.807, 2.05) is 0 Å². The maximum atomic E-state index is 13.7. The van der Waals surface area contributed by atoms with Gasteiger partial charge in [-0.1, -0.05) is 0 Å². The molecule has 0 aliphatic rings. The van der Waals surface area contributed by atoms with Crippen molar-refractivity contribution in [2.45, 2.75) is 13.0 Å². The van der Waals surface area contributed by atoms with E-state index in [0.29, 0.717) is 10.3 Å². The second-order valence-corrected chi connectivity index (χ2v) is 5.00. The third-order valence-corrected chi connectivity index (χ3v) is 3.05. The summed E-state index contributed by atoms with van der Waals surface area (Å²) < 4.78 is 33.6. The molecule has 0 amide bonds. The van der Waals surface area contributed by atoms with Crippen molar-refractivity contribution in [3.05, 3.63) is 46.3 Å². The number of nitrogens with zero attached hydrogens (tertiary/aromatic N) is 2. The van der Waals surface area contributed by atoms with E-state index < -0.39 is 17.7 Å². The van der Waals surface area contributed by atoms with Crippen LogP contribution in [0.4, 0.5) is 14.6 Å². The van der Waals surface area contributed by atoms with Crippen molar-refractivity contribution in [3.63, 3.8) is 0 Å². The highest BCUT2D eigenvalue weighted by atomic mass is 79.9. The molecule has 2 aromatic rings. The first-order valence-corrected chi connectivity index (χ1v) is 6.72. The normalized spacial score (nSPS) is 12.0. The summed E-state index contributed by atoms with van der Waals surface area (Å²) in [4.78, 5) is 12.3. The summed E-state index contributed by atoms with van der Waals surface area (Å²) in [5.74, 6) is -0.963. The Morgan fingerprint density at radius 2 is 1.90 bits per heavy atom. The Kier molecular flexibility index (Phi) is 5.03. The molecule has 0 aromatic carbocycles. The van der Waals surface area contributed by atoms with E-state index in [1.54, 1.807) is 6.07 Å². The molecular formula is C13H12BrF2N3O2. The zero-order chi connectivity index (χ0) is 15.4. The summed E-state index contributed by atoms with van der Waals surface area (Å²) in [5.41, 5.74) is 2.33. The Balaban J connectivity index is 2.31. The van der Waals surface area contributed by atoms with E-state index in [0.717, 1.165) is 12.4 Å². The van der Waals surface area contributed by atoms with Gasteiger partial charge in [0, 0.05) is 10.7 Å². The average Bonchev–Trinajstić information content (AvgIpc) is 2.42. The molecule has 0 bridgehead atoms. The zero-order valence-electron chi connectivity index (χ0n) is 11.2. The lowest BCUT2D eigenvalue weighted by atomic mass is 10.1. The molecule has 1 atom stereocenters. The summed E-state index contributed by atoms with van der Waals surface area (Å²) in [6.45, 7) is 1.53. The monoisotopic (exact) mass is 359 g/mol. The van der Waals surface area contributed by atoms with Gasteiger partial charge in [0.15, 0.2) is 23.2 Å². The van der Waals surface area contributed by atoms with Gasteiger partial charge in [0.25, 0.3) is 0 Å². The van der Waals surface area contributed by atoms with Crippen molar-refractivity contribution in [1.82, 2.24) is 9.97 Å². The van der Waals surface area contributed by atoms with Crippen LogP contribution < -0.4 is 10.2 Å². The quantitative estimate of drug-likeness (QED) is 0.826.